The molecule has 1 aromatic carbocycles. The molecule has 2 aliphatic heterocycles. The predicted octanol–water partition coefficient (Wildman–Crippen LogP) is 1.18. The molecule has 2 atom stereocenters. The van der Waals surface area contributed by atoms with Gasteiger partial charge in [-0.15, -0.1) is 0 Å². The van der Waals surface area contributed by atoms with E-state index in [0.29, 0.717) is 13.2 Å². The van der Waals surface area contributed by atoms with Crippen molar-refractivity contribution in [2.24, 2.45) is 0 Å². The zero-order chi connectivity index (χ0) is 16.4. The summed E-state index contributed by atoms with van der Waals surface area (Å²) in [6, 6.07) is 3.84. The van der Waals surface area contributed by atoms with Crippen LogP contribution in [-0.2, 0) is 18.9 Å². The highest BCUT2D eigenvalue weighted by Gasteiger charge is 2.26. The summed E-state index contributed by atoms with van der Waals surface area (Å²) < 4.78 is 20.0. The molecular formula is C15H13ClO7. The first kappa shape index (κ1) is 15.9. The Bertz CT molecular complexity index is 603. The van der Waals surface area contributed by atoms with E-state index in [1.54, 1.807) is 0 Å². The van der Waals surface area contributed by atoms with Gasteiger partial charge in [-0.2, -0.15) is 0 Å². The monoisotopic (exact) mass is 340 g/mol. The van der Waals surface area contributed by atoms with Crippen molar-refractivity contribution in [3.8, 4) is 0 Å². The normalized spacial score (nSPS) is 21.4. The van der Waals surface area contributed by atoms with Gasteiger partial charge >= 0.3 is 11.9 Å². The quantitative estimate of drug-likeness (QED) is 0.418. The second-order valence-electron chi connectivity index (χ2n) is 5.18. The lowest BCUT2D eigenvalue weighted by molar-refractivity contribution is 0.0474. The summed E-state index contributed by atoms with van der Waals surface area (Å²) in [4.78, 5) is 35.4. The lowest BCUT2D eigenvalue weighted by Crippen LogP contribution is -2.14. The summed E-state index contributed by atoms with van der Waals surface area (Å²) >= 11 is 5.45. The van der Waals surface area contributed by atoms with Gasteiger partial charge in [-0.1, -0.05) is 0 Å². The number of ether oxygens (including phenoxy) is 4. The molecule has 2 saturated heterocycles. The fraction of sp³-hybridized carbons (Fsp3) is 0.400. The Morgan fingerprint density at radius 1 is 0.913 bits per heavy atom. The molecule has 2 aliphatic rings. The highest BCUT2D eigenvalue weighted by molar-refractivity contribution is 6.67. The highest BCUT2D eigenvalue weighted by Crippen LogP contribution is 2.17. The van der Waals surface area contributed by atoms with Crippen molar-refractivity contribution >= 4 is 28.8 Å². The van der Waals surface area contributed by atoms with Gasteiger partial charge in [0.15, 0.2) is 0 Å². The number of halogens is 1. The highest BCUT2D eigenvalue weighted by atomic mass is 35.5. The minimum Gasteiger partial charge on any atom is -0.459 e. The van der Waals surface area contributed by atoms with Crippen LogP contribution in [0.4, 0.5) is 0 Å². The van der Waals surface area contributed by atoms with Crippen molar-refractivity contribution in [3.63, 3.8) is 0 Å². The summed E-state index contributed by atoms with van der Waals surface area (Å²) in [6.07, 6.45) is -0.167. The average molecular weight is 341 g/mol. The number of benzene rings is 1. The second kappa shape index (κ2) is 6.66. The summed E-state index contributed by atoms with van der Waals surface area (Å²) in [7, 11) is 0. The zero-order valence-corrected chi connectivity index (χ0v) is 12.7. The number of esters is 2. The Hall–Kier alpha value is -1.96. The van der Waals surface area contributed by atoms with E-state index in [4.69, 9.17) is 30.5 Å². The number of hydrogen-bond acceptors (Lipinski definition) is 7. The van der Waals surface area contributed by atoms with E-state index < -0.39 is 17.2 Å². The van der Waals surface area contributed by atoms with Crippen molar-refractivity contribution in [3.05, 3.63) is 34.9 Å². The molecule has 122 valence electrons. The molecule has 2 unspecified atom stereocenters. The van der Waals surface area contributed by atoms with Crippen LogP contribution >= 0.6 is 11.6 Å². The minimum atomic E-state index is -0.787. The first-order valence-electron chi connectivity index (χ1n) is 6.95. The molecule has 0 spiro atoms. The Kier molecular flexibility index (Phi) is 4.61. The van der Waals surface area contributed by atoms with Crippen molar-refractivity contribution in [2.75, 3.05) is 26.4 Å². The topological polar surface area (TPSA) is 94.7 Å². The lowest BCUT2D eigenvalue weighted by atomic mass is 10.1. The molecule has 0 bridgehead atoms. The van der Waals surface area contributed by atoms with Gasteiger partial charge in [0.25, 0.3) is 5.24 Å². The van der Waals surface area contributed by atoms with Gasteiger partial charge in [0.05, 0.1) is 24.3 Å². The number of carbonyl (C=O) groups excluding carboxylic acids is 3. The Morgan fingerprint density at radius 3 is 1.65 bits per heavy atom. The number of rotatable bonds is 7. The van der Waals surface area contributed by atoms with Crippen molar-refractivity contribution in [1.82, 2.24) is 0 Å². The molecule has 0 aliphatic carbocycles. The SMILES string of the molecule is O=C(Cl)c1cc(C(=O)OCC2CO2)cc(C(=O)OCC2CO2)c1. The summed E-state index contributed by atoms with van der Waals surface area (Å²) in [5, 5.41) is -0.787. The third kappa shape index (κ3) is 4.51. The molecule has 2 heterocycles. The minimum absolute atomic E-state index is 0.0124. The van der Waals surface area contributed by atoms with Gasteiger partial charge in [0.1, 0.15) is 25.4 Å². The zero-order valence-electron chi connectivity index (χ0n) is 12.0. The summed E-state index contributed by atoms with van der Waals surface area (Å²) in [5.41, 5.74) is 0.108. The Labute approximate surface area is 136 Å². The van der Waals surface area contributed by atoms with Crippen LogP contribution in [0.25, 0.3) is 0 Å². The van der Waals surface area contributed by atoms with Crippen LogP contribution in [0.2, 0.25) is 0 Å². The predicted molar refractivity (Wildman–Crippen MR) is 76.7 cm³/mol. The van der Waals surface area contributed by atoms with Gasteiger partial charge in [-0.05, 0) is 29.8 Å². The van der Waals surface area contributed by atoms with Crippen molar-refractivity contribution < 1.29 is 33.3 Å². The van der Waals surface area contributed by atoms with E-state index >= 15 is 0 Å². The average Bonchev–Trinajstić information content (AvgIpc) is 3.44. The maximum atomic E-state index is 12.0. The third-order valence-electron chi connectivity index (χ3n) is 3.24. The van der Waals surface area contributed by atoms with E-state index in [1.165, 1.54) is 18.2 Å². The van der Waals surface area contributed by atoms with Crippen LogP contribution in [0.1, 0.15) is 31.1 Å². The fourth-order valence-electron chi connectivity index (χ4n) is 1.81. The van der Waals surface area contributed by atoms with Crippen LogP contribution in [0.15, 0.2) is 18.2 Å². The smallest absolute Gasteiger partial charge is 0.338 e. The van der Waals surface area contributed by atoms with Crippen molar-refractivity contribution in [2.45, 2.75) is 12.2 Å². The molecule has 8 heteroatoms. The van der Waals surface area contributed by atoms with E-state index in [2.05, 4.69) is 0 Å². The number of epoxide rings is 2. The number of hydrogen-bond donors (Lipinski definition) is 0. The number of carbonyl (C=O) groups is 3. The fourth-order valence-corrected chi connectivity index (χ4v) is 1.92. The van der Waals surface area contributed by atoms with E-state index in [-0.39, 0.29) is 42.1 Å². The molecular weight excluding hydrogens is 328 g/mol. The maximum Gasteiger partial charge on any atom is 0.338 e. The van der Waals surface area contributed by atoms with Crippen molar-refractivity contribution in [1.29, 1.82) is 0 Å². The van der Waals surface area contributed by atoms with Crippen LogP contribution in [-0.4, -0.2) is 55.8 Å². The Balaban J connectivity index is 1.74. The first-order chi connectivity index (χ1) is 11.0. The summed E-state index contributed by atoms with van der Waals surface area (Å²) in [5.74, 6) is -1.33. The molecule has 2 fully saturated rings. The standard InChI is InChI=1S/C15H13ClO7/c16-13(17)8-1-9(14(18)22-6-11-4-20-11)3-10(2-8)15(19)23-7-12-5-21-12/h1-3,11-12H,4-7H2. The maximum absolute atomic E-state index is 12.0. The molecule has 0 saturated carbocycles. The van der Waals surface area contributed by atoms with Gasteiger partial charge in [-0.25, -0.2) is 9.59 Å². The van der Waals surface area contributed by atoms with Crippen LogP contribution < -0.4 is 0 Å². The molecule has 0 radical (unpaired) electrons. The molecule has 1 aromatic rings. The molecule has 0 amide bonds. The van der Waals surface area contributed by atoms with Gasteiger partial charge in [-0.3, -0.25) is 4.79 Å². The van der Waals surface area contributed by atoms with Crippen LogP contribution in [0.5, 0.6) is 0 Å². The Morgan fingerprint density at radius 2 is 1.30 bits per heavy atom. The largest absolute Gasteiger partial charge is 0.459 e. The van der Waals surface area contributed by atoms with Crippen LogP contribution in [0.3, 0.4) is 0 Å². The summed E-state index contributed by atoms with van der Waals surface area (Å²) in [6.45, 7) is 1.34. The molecule has 7 nitrogen and oxygen atoms in total. The van der Waals surface area contributed by atoms with E-state index in [9.17, 15) is 14.4 Å². The van der Waals surface area contributed by atoms with E-state index in [0.717, 1.165) is 0 Å². The van der Waals surface area contributed by atoms with Crippen LogP contribution in [0, 0.1) is 0 Å². The van der Waals surface area contributed by atoms with E-state index in [1.807, 2.05) is 0 Å². The molecule has 0 aromatic heterocycles. The first-order valence-corrected chi connectivity index (χ1v) is 7.33. The third-order valence-corrected chi connectivity index (χ3v) is 3.45. The molecule has 3 rings (SSSR count). The molecule has 23 heavy (non-hydrogen) atoms. The van der Waals surface area contributed by atoms with Gasteiger partial charge in [0, 0.05) is 5.56 Å². The lowest BCUT2D eigenvalue weighted by Gasteiger charge is -2.08. The van der Waals surface area contributed by atoms with Gasteiger partial charge in [0.2, 0.25) is 0 Å². The molecule has 0 N–H and O–H groups in total. The van der Waals surface area contributed by atoms with Gasteiger partial charge < -0.3 is 18.9 Å². The second-order valence-corrected chi connectivity index (χ2v) is 5.52.